The Morgan fingerprint density at radius 1 is 1.22 bits per heavy atom. The molecule has 2 aromatic rings. The maximum Gasteiger partial charge on any atom is 0.231 e. The minimum atomic E-state index is 0.321. The van der Waals surface area contributed by atoms with Crippen LogP contribution >= 0.6 is 0 Å². The summed E-state index contributed by atoms with van der Waals surface area (Å²) in [5, 5.41) is 3.63. The number of fused-ring (bicyclic) bond motifs is 1. The third-order valence-electron chi connectivity index (χ3n) is 4.38. The van der Waals surface area contributed by atoms with Crippen molar-refractivity contribution in [3.63, 3.8) is 0 Å². The number of hydrogen-bond donors (Lipinski definition) is 1. The topological polar surface area (TPSA) is 46.6 Å². The van der Waals surface area contributed by atoms with Gasteiger partial charge < -0.3 is 14.8 Å². The van der Waals surface area contributed by atoms with Gasteiger partial charge >= 0.3 is 0 Å². The van der Waals surface area contributed by atoms with E-state index in [0.29, 0.717) is 12.8 Å². The second kappa shape index (κ2) is 6.46. The number of piperidine rings is 1. The van der Waals surface area contributed by atoms with Gasteiger partial charge in [-0.2, -0.15) is 0 Å². The predicted molar refractivity (Wildman–Crippen MR) is 88.7 cm³/mol. The van der Waals surface area contributed by atoms with Gasteiger partial charge in [0.2, 0.25) is 6.79 Å². The minimum Gasteiger partial charge on any atom is -0.454 e. The van der Waals surface area contributed by atoms with Crippen LogP contribution in [0.25, 0.3) is 0 Å². The molecule has 1 atom stereocenters. The molecule has 1 fully saturated rings. The molecule has 1 aromatic carbocycles. The number of hydrogen-bond acceptors (Lipinski definition) is 5. The standard InChI is InChI=1S/C18H21N3O2/c1-3-14(10-19-7-1)11-21-8-2-4-16(12-21)20-15-5-6-17-18(9-15)23-13-22-17/h1,3,5-7,9-10,16,20H,2,4,8,11-13H2/t16-/m0/s1. The van der Waals surface area contributed by atoms with E-state index in [-0.39, 0.29) is 0 Å². The van der Waals surface area contributed by atoms with Crippen LogP contribution in [0, 0.1) is 0 Å². The van der Waals surface area contributed by atoms with Crippen molar-refractivity contribution in [2.45, 2.75) is 25.4 Å². The third kappa shape index (κ3) is 3.40. The third-order valence-corrected chi connectivity index (χ3v) is 4.38. The molecule has 1 aromatic heterocycles. The van der Waals surface area contributed by atoms with Crippen LogP contribution in [0.3, 0.4) is 0 Å². The summed E-state index contributed by atoms with van der Waals surface area (Å²) in [6.45, 7) is 3.48. The van der Waals surface area contributed by atoms with Crippen molar-refractivity contribution in [2.75, 3.05) is 25.2 Å². The van der Waals surface area contributed by atoms with Crippen LogP contribution in [-0.4, -0.2) is 35.8 Å². The van der Waals surface area contributed by atoms with Crippen LogP contribution in [0.1, 0.15) is 18.4 Å². The van der Waals surface area contributed by atoms with Gasteiger partial charge in [0.25, 0.3) is 0 Å². The lowest BCUT2D eigenvalue weighted by atomic mass is 10.0. The van der Waals surface area contributed by atoms with Crippen LogP contribution in [0.15, 0.2) is 42.7 Å². The van der Waals surface area contributed by atoms with Crippen molar-refractivity contribution < 1.29 is 9.47 Å². The molecule has 0 saturated carbocycles. The summed E-state index contributed by atoms with van der Waals surface area (Å²) in [6.07, 6.45) is 6.18. The van der Waals surface area contributed by atoms with Gasteiger partial charge in [-0.15, -0.1) is 0 Å². The SMILES string of the molecule is c1cncc(CN2CCC[C@H](Nc3ccc4c(c3)OCO4)C2)c1. The molecular formula is C18H21N3O2. The molecule has 0 bridgehead atoms. The van der Waals surface area contributed by atoms with Crippen molar-refractivity contribution in [1.29, 1.82) is 0 Å². The highest BCUT2D eigenvalue weighted by molar-refractivity contribution is 5.56. The summed E-state index contributed by atoms with van der Waals surface area (Å²) >= 11 is 0. The van der Waals surface area contributed by atoms with E-state index in [2.05, 4.69) is 27.3 Å². The second-order valence-electron chi connectivity index (χ2n) is 6.15. The van der Waals surface area contributed by atoms with Gasteiger partial charge in [-0.3, -0.25) is 9.88 Å². The molecule has 0 radical (unpaired) electrons. The van der Waals surface area contributed by atoms with E-state index in [1.807, 2.05) is 30.6 Å². The Labute approximate surface area is 136 Å². The molecule has 3 heterocycles. The molecule has 0 aliphatic carbocycles. The van der Waals surface area contributed by atoms with Crippen molar-refractivity contribution in [3.8, 4) is 11.5 Å². The average Bonchev–Trinajstić information content (AvgIpc) is 3.04. The smallest absolute Gasteiger partial charge is 0.231 e. The Hall–Kier alpha value is -2.27. The Balaban J connectivity index is 1.37. The van der Waals surface area contributed by atoms with Gasteiger partial charge in [0.15, 0.2) is 11.5 Å². The molecule has 0 spiro atoms. The minimum absolute atomic E-state index is 0.321. The summed E-state index contributed by atoms with van der Waals surface area (Å²) in [6, 6.07) is 10.7. The zero-order valence-electron chi connectivity index (χ0n) is 13.1. The zero-order chi connectivity index (χ0) is 15.5. The average molecular weight is 311 g/mol. The monoisotopic (exact) mass is 311 g/mol. The van der Waals surface area contributed by atoms with Gasteiger partial charge in [0.05, 0.1) is 0 Å². The number of aromatic nitrogens is 1. The molecule has 1 N–H and O–H groups in total. The van der Waals surface area contributed by atoms with E-state index in [0.717, 1.165) is 36.8 Å². The highest BCUT2D eigenvalue weighted by atomic mass is 16.7. The molecule has 120 valence electrons. The van der Waals surface area contributed by atoms with Crippen molar-refractivity contribution >= 4 is 5.69 Å². The van der Waals surface area contributed by atoms with E-state index in [1.165, 1.54) is 18.4 Å². The van der Waals surface area contributed by atoms with E-state index in [9.17, 15) is 0 Å². The molecule has 5 heteroatoms. The van der Waals surface area contributed by atoms with E-state index >= 15 is 0 Å². The van der Waals surface area contributed by atoms with Crippen LogP contribution in [0.2, 0.25) is 0 Å². The maximum atomic E-state index is 5.45. The zero-order valence-corrected chi connectivity index (χ0v) is 13.1. The van der Waals surface area contributed by atoms with Crippen molar-refractivity contribution in [3.05, 3.63) is 48.3 Å². The maximum absolute atomic E-state index is 5.45. The number of nitrogens with zero attached hydrogens (tertiary/aromatic N) is 2. The van der Waals surface area contributed by atoms with Gasteiger partial charge in [0.1, 0.15) is 0 Å². The first-order valence-corrected chi connectivity index (χ1v) is 8.14. The summed E-state index contributed by atoms with van der Waals surface area (Å²) in [4.78, 5) is 6.69. The molecular weight excluding hydrogens is 290 g/mol. The Morgan fingerprint density at radius 3 is 3.09 bits per heavy atom. The fraction of sp³-hybridized carbons (Fsp3) is 0.389. The highest BCUT2D eigenvalue weighted by Crippen LogP contribution is 2.34. The fourth-order valence-corrected chi connectivity index (χ4v) is 3.29. The molecule has 5 nitrogen and oxygen atoms in total. The van der Waals surface area contributed by atoms with Crippen molar-refractivity contribution in [2.24, 2.45) is 0 Å². The Kier molecular flexibility index (Phi) is 4.03. The second-order valence-corrected chi connectivity index (χ2v) is 6.15. The van der Waals surface area contributed by atoms with Crippen LogP contribution in [-0.2, 0) is 6.54 Å². The Morgan fingerprint density at radius 2 is 2.17 bits per heavy atom. The predicted octanol–water partition coefficient (Wildman–Crippen LogP) is 2.89. The summed E-state index contributed by atoms with van der Waals surface area (Å²) in [5.74, 6) is 1.66. The first-order chi connectivity index (χ1) is 11.4. The quantitative estimate of drug-likeness (QED) is 0.941. The first-order valence-electron chi connectivity index (χ1n) is 8.14. The lowest BCUT2D eigenvalue weighted by Crippen LogP contribution is -2.41. The summed E-state index contributed by atoms with van der Waals surface area (Å²) < 4.78 is 10.8. The number of ether oxygens (including phenoxy) is 2. The van der Waals surface area contributed by atoms with E-state index in [4.69, 9.17) is 9.47 Å². The van der Waals surface area contributed by atoms with E-state index in [1.54, 1.807) is 0 Å². The lowest BCUT2D eigenvalue weighted by Gasteiger charge is -2.33. The summed E-state index contributed by atoms with van der Waals surface area (Å²) in [5.41, 5.74) is 2.37. The number of pyridine rings is 1. The molecule has 0 amide bonds. The number of rotatable bonds is 4. The number of likely N-dealkylation sites (tertiary alicyclic amines) is 1. The van der Waals surface area contributed by atoms with Gasteiger partial charge in [-0.05, 0) is 43.1 Å². The number of nitrogens with one attached hydrogen (secondary N) is 1. The van der Waals surface area contributed by atoms with Gasteiger partial charge in [-0.1, -0.05) is 6.07 Å². The van der Waals surface area contributed by atoms with Gasteiger partial charge in [0, 0.05) is 43.3 Å². The molecule has 2 aliphatic heterocycles. The fourth-order valence-electron chi connectivity index (χ4n) is 3.29. The molecule has 2 aliphatic rings. The molecule has 0 unspecified atom stereocenters. The number of anilines is 1. The normalized spacial score (nSPS) is 20.4. The summed E-state index contributed by atoms with van der Waals surface area (Å²) in [7, 11) is 0. The van der Waals surface area contributed by atoms with Crippen LogP contribution in [0.4, 0.5) is 5.69 Å². The first kappa shape index (κ1) is 14.3. The van der Waals surface area contributed by atoms with Gasteiger partial charge in [-0.25, -0.2) is 0 Å². The van der Waals surface area contributed by atoms with Crippen molar-refractivity contribution in [1.82, 2.24) is 9.88 Å². The van der Waals surface area contributed by atoms with Crippen LogP contribution in [0.5, 0.6) is 11.5 Å². The van der Waals surface area contributed by atoms with E-state index < -0.39 is 0 Å². The Bertz CT molecular complexity index is 663. The largest absolute Gasteiger partial charge is 0.454 e. The van der Waals surface area contributed by atoms with Crippen LogP contribution < -0.4 is 14.8 Å². The molecule has 1 saturated heterocycles. The lowest BCUT2D eigenvalue weighted by molar-refractivity contribution is 0.174. The molecule has 4 rings (SSSR count). The number of benzene rings is 1. The highest BCUT2D eigenvalue weighted by Gasteiger charge is 2.21. The molecule has 23 heavy (non-hydrogen) atoms.